The third-order valence-corrected chi connectivity index (χ3v) is 3.79. The quantitative estimate of drug-likeness (QED) is 0.890. The van der Waals surface area contributed by atoms with Gasteiger partial charge in [0.1, 0.15) is 5.82 Å². The number of pyridine rings is 1. The topological polar surface area (TPSA) is 73.9 Å². The second-order valence-corrected chi connectivity index (χ2v) is 5.39. The zero-order valence-electron chi connectivity index (χ0n) is 12.0. The Kier molecular flexibility index (Phi) is 3.85. The minimum absolute atomic E-state index is 0.0858. The smallest absolute Gasteiger partial charge is 0.323 e. The van der Waals surface area contributed by atoms with Crippen LogP contribution >= 0.6 is 0 Å². The first-order chi connectivity index (χ1) is 10.2. The second kappa shape index (κ2) is 5.95. The van der Waals surface area contributed by atoms with Gasteiger partial charge in [-0.25, -0.2) is 9.78 Å². The van der Waals surface area contributed by atoms with E-state index in [0.29, 0.717) is 18.3 Å². The van der Waals surface area contributed by atoms with E-state index in [0.717, 1.165) is 30.8 Å². The minimum Gasteiger partial charge on any atom is -0.324 e. The van der Waals surface area contributed by atoms with Crippen LogP contribution in [0.5, 0.6) is 0 Å². The Morgan fingerprint density at radius 1 is 1.43 bits per heavy atom. The SMILES string of the molecule is Cc1cccc(NC(=O)N2CCC[C@H](c3ccn[nH]3)C2)n1. The molecule has 3 rings (SSSR count). The van der Waals surface area contributed by atoms with Crippen LogP contribution in [0.25, 0.3) is 0 Å². The van der Waals surface area contributed by atoms with Crippen molar-refractivity contribution in [2.45, 2.75) is 25.7 Å². The van der Waals surface area contributed by atoms with Gasteiger partial charge in [0, 0.05) is 36.6 Å². The number of rotatable bonds is 2. The molecule has 1 atom stereocenters. The van der Waals surface area contributed by atoms with E-state index in [4.69, 9.17) is 0 Å². The zero-order valence-corrected chi connectivity index (χ0v) is 12.0. The van der Waals surface area contributed by atoms with Gasteiger partial charge in [0.25, 0.3) is 0 Å². The highest BCUT2D eigenvalue weighted by atomic mass is 16.2. The van der Waals surface area contributed by atoms with Crippen LogP contribution in [0.2, 0.25) is 0 Å². The van der Waals surface area contributed by atoms with E-state index in [1.54, 1.807) is 12.3 Å². The molecule has 2 N–H and O–H groups in total. The Labute approximate surface area is 123 Å². The number of likely N-dealkylation sites (tertiary alicyclic amines) is 1. The Hall–Kier alpha value is -2.37. The number of piperidine rings is 1. The molecular formula is C15H19N5O. The van der Waals surface area contributed by atoms with Crippen molar-refractivity contribution in [1.82, 2.24) is 20.1 Å². The molecule has 1 aliphatic heterocycles. The molecule has 6 heteroatoms. The van der Waals surface area contributed by atoms with Crippen LogP contribution in [0.4, 0.5) is 10.6 Å². The Bertz CT molecular complexity index is 610. The molecule has 1 aliphatic rings. The highest BCUT2D eigenvalue weighted by Crippen LogP contribution is 2.25. The van der Waals surface area contributed by atoms with Crippen LogP contribution in [-0.2, 0) is 0 Å². The van der Waals surface area contributed by atoms with Crippen LogP contribution in [0.15, 0.2) is 30.5 Å². The number of anilines is 1. The summed E-state index contributed by atoms with van der Waals surface area (Å²) in [7, 11) is 0. The van der Waals surface area contributed by atoms with E-state index in [2.05, 4.69) is 20.5 Å². The second-order valence-electron chi connectivity index (χ2n) is 5.39. The van der Waals surface area contributed by atoms with Crippen molar-refractivity contribution in [1.29, 1.82) is 0 Å². The number of hydrogen-bond donors (Lipinski definition) is 2. The highest BCUT2D eigenvalue weighted by molar-refractivity contribution is 5.88. The van der Waals surface area contributed by atoms with Gasteiger partial charge in [-0.05, 0) is 38.0 Å². The Balaban J connectivity index is 1.64. The van der Waals surface area contributed by atoms with Gasteiger partial charge in [0.2, 0.25) is 0 Å². The van der Waals surface area contributed by atoms with E-state index in [1.807, 2.05) is 30.0 Å². The number of hydrogen-bond acceptors (Lipinski definition) is 3. The predicted octanol–water partition coefficient (Wildman–Crippen LogP) is 2.52. The first-order valence-corrected chi connectivity index (χ1v) is 7.21. The molecule has 2 aromatic heterocycles. The lowest BCUT2D eigenvalue weighted by Crippen LogP contribution is -2.41. The molecule has 2 aromatic rings. The summed E-state index contributed by atoms with van der Waals surface area (Å²) < 4.78 is 0. The van der Waals surface area contributed by atoms with E-state index < -0.39 is 0 Å². The van der Waals surface area contributed by atoms with Crippen LogP contribution < -0.4 is 5.32 Å². The zero-order chi connectivity index (χ0) is 14.7. The van der Waals surface area contributed by atoms with Gasteiger partial charge in [-0.2, -0.15) is 5.10 Å². The summed E-state index contributed by atoms with van der Waals surface area (Å²) in [5.41, 5.74) is 1.99. The van der Waals surface area contributed by atoms with Gasteiger partial charge in [0.05, 0.1) is 0 Å². The minimum atomic E-state index is -0.0858. The molecule has 6 nitrogen and oxygen atoms in total. The lowest BCUT2D eigenvalue weighted by atomic mass is 9.95. The van der Waals surface area contributed by atoms with Crippen molar-refractivity contribution in [2.75, 3.05) is 18.4 Å². The molecule has 0 unspecified atom stereocenters. The third-order valence-electron chi connectivity index (χ3n) is 3.79. The molecule has 0 aromatic carbocycles. The monoisotopic (exact) mass is 285 g/mol. The van der Waals surface area contributed by atoms with E-state index in [-0.39, 0.29) is 6.03 Å². The van der Waals surface area contributed by atoms with Crippen LogP contribution in [0.3, 0.4) is 0 Å². The summed E-state index contributed by atoms with van der Waals surface area (Å²) in [5.74, 6) is 0.932. The molecule has 0 saturated carbocycles. The number of aromatic nitrogens is 3. The lowest BCUT2D eigenvalue weighted by Gasteiger charge is -2.32. The molecule has 1 fully saturated rings. The molecule has 0 radical (unpaired) electrons. The van der Waals surface area contributed by atoms with E-state index >= 15 is 0 Å². The third kappa shape index (κ3) is 3.21. The largest absolute Gasteiger partial charge is 0.324 e. The van der Waals surface area contributed by atoms with Gasteiger partial charge >= 0.3 is 6.03 Å². The van der Waals surface area contributed by atoms with Gasteiger partial charge in [-0.1, -0.05) is 6.07 Å². The maximum atomic E-state index is 12.3. The fourth-order valence-electron chi connectivity index (χ4n) is 2.71. The number of carbonyl (C=O) groups excluding carboxylic acids is 1. The number of amides is 2. The number of nitrogens with one attached hydrogen (secondary N) is 2. The normalized spacial score (nSPS) is 18.5. The first-order valence-electron chi connectivity index (χ1n) is 7.21. The Morgan fingerprint density at radius 3 is 3.10 bits per heavy atom. The van der Waals surface area contributed by atoms with Gasteiger partial charge < -0.3 is 4.90 Å². The maximum absolute atomic E-state index is 12.3. The fourth-order valence-corrected chi connectivity index (χ4v) is 2.71. The van der Waals surface area contributed by atoms with E-state index in [9.17, 15) is 4.79 Å². The van der Waals surface area contributed by atoms with Crippen LogP contribution in [0.1, 0.15) is 30.1 Å². The van der Waals surface area contributed by atoms with Crippen molar-refractivity contribution in [3.63, 3.8) is 0 Å². The molecule has 3 heterocycles. The summed E-state index contributed by atoms with van der Waals surface area (Å²) in [6, 6.07) is 7.50. The van der Waals surface area contributed by atoms with Crippen molar-refractivity contribution < 1.29 is 4.79 Å². The number of carbonyl (C=O) groups is 1. The molecule has 21 heavy (non-hydrogen) atoms. The maximum Gasteiger partial charge on any atom is 0.323 e. The van der Waals surface area contributed by atoms with Crippen molar-refractivity contribution in [2.24, 2.45) is 0 Å². The average Bonchev–Trinajstić information content (AvgIpc) is 3.02. The lowest BCUT2D eigenvalue weighted by molar-refractivity contribution is 0.192. The first kappa shape index (κ1) is 13.6. The fraction of sp³-hybridized carbons (Fsp3) is 0.400. The van der Waals surface area contributed by atoms with Crippen molar-refractivity contribution >= 4 is 11.8 Å². The van der Waals surface area contributed by atoms with Gasteiger partial charge in [-0.3, -0.25) is 10.4 Å². The van der Waals surface area contributed by atoms with E-state index in [1.165, 1.54) is 0 Å². The summed E-state index contributed by atoms with van der Waals surface area (Å²) in [6.07, 6.45) is 3.83. The number of aromatic amines is 1. The van der Waals surface area contributed by atoms with Crippen LogP contribution in [-0.4, -0.2) is 39.2 Å². The van der Waals surface area contributed by atoms with Gasteiger partial charge in [0.15, 0.2) is 0 Å². The summed E-state index contributed by atoms with van der Waals surface area (Å²) in [4.78, 5) is 18.5. The molecule has 0 bridgehead atoms. The Morgan fingerprint density at radius 2 is 2.33 bits per heavy atom. The molecule has 1 saturated heterocycles. The number of urea groups is 1. The standard InChI is InChI=1S/C15H19N5O/c1-11-4-2-6-14(17-11)18-15(21)20-9-3-5-12(10-20)13-7-8-16-19-13/h2,4,6-8,12H,3,5,9-10H2,1H3,(H,16,19)(H,17,18,21)/t12-/m0/s1. The van der Waals surface area contributed by atoms with Crippen molar-refractivity contribution in [3.05, 3.63) is 41.9 Å². The van der Waals surface area contributed by atoms with Crippen LogP contribution in [0, 0.1) is 6.92 Å². The summed E-state index contributed by atoms with van der Waals surface area (Å²) in [6.45, 7) is 3.40. The number of H-pyrrole nitrogens is 1. The number of aryl methyl sites for hydroxylation is 1. The highest BCUT2D eigenvalue weighted by Gasteiger charge is 2.25. The molecule has 0 spiro atoms. The molecule has 110 valence electrons. The molecule has 2 amide bonds. The number of nitrogens with zero attached hydrogens (tertiary/aromatic N) is 3. The molecular weight excluding hydrogens is 266 g/mol. The average molecular weight is 285 g/mol. The van der Waals surface area contributed by atoms with Crippen molar-refractivity contribution in [3.8, 4) is 0 Å². The van der Waals surface area contributed by atoms with Gasteiger partial charge in [-0.15, -0.1) is 0 Å². The predicted molar refractivity (Wildman–Crippen MR) is 80.1 cm³/mol. The summed E-state index contributed by atoms with van der Waals surface area (Å²) >= 11 is 0. The summed E-state index contributed by atoms with van der Waals surface area (Å²) in [5, 5.41) is 9.86. The molecule has 0 aliphatic carbocycles.